The second-order valence-corrected chi connectivity index (χ2v) is 14.1. The molecule has 270 valence electrons. The summed E-state index contributed by atoms with van der Waals surface area (Å²) >= 11 is 0. The molecule has 0 saturated carbocycles. The van der Waals surface area contributed by atoms with E-state index in [0.717, 1.165) is 11.1 Å². The van der Waals surface area contributed by atoms with Crippen LogP contribution in [-0.2, 0) is 10.8 Å². The number of hydrogen-bond acceptors (Lipinski definition) is 8. The number of ether oxygens (including phenoxy) is 4. The summed E-state index contributed by atoms with van der Waals surface area (Å²) in [6.45, 7) is 11.7. The van der Waals surface area contributed by atoms with Crippen molar-refractivity contribution in [3.05, 3.63) is 105 Å². The van der Waals surface area contributed by atoms with Crippen molar-refractivity contribution in [2.75, 3.05) is 28.4 Å². The zero-order valence-electron chi connectivity index (χ0n) is 31.4. The molecule has 0 aliphatic rings. The van der Waals surface area contributed by atoms with Gasteiger partial charge in [0.05, 0.1) is 39.6 Å². The van der Waals surface area contributed by atoms with Crippen molar-refractivity contribution in [3.63, 3.8) is 0 Å². The summed E-state index contributed by atoms with van der Waals surface area (Å²) < 4.78 is 22.7. The van der Waals surface area contributed by atoms with Gasteiger partial charge >= 0.3 is 0 Å². The lowest BCUT2D eigenvalue weighted by Gasteiger charge is -2.21. The van der Waals surface area contributed by atoms with E-state index in [9.17, 15) is 20.4 Å². The van der Waals surface area contributed by atoms with Gasteiger partial charge in [-0.25, -0.2) is 0 Å². The van der Waals surface area contributed by atoms with Gasteiger partial charge in [0, 0.05) is 45.5 Å². The molecule has 0 unspecified atom stereocenters. The number of phenols is 4. The normalized spacial score (nSPS) is 11.5. The van der Waals surface area contributed by atoms with Crippen LogP contribution in [0.25, 0.3) is 12.2 Å². The SMILES string of the molecule is COc1cc(/C=C/C=C/c2cc(OC)c(C#Cc3cc(O)c(O)c(C(C)(C)C)c3)cc2OC)c(OC)cc1C#Cc1cc(O)c(O)c(C(C)(C)C)c1. The summed E-state index contributed by atoms with van der Waals surface area (Å²) in [6, 6.07) is 13.6. The van der Waals surface area contributed by atoms with Gasteiger partial charge in [-0.1, -0.05) is 89.5 Å². The molecule has 0 heterocycles. The Bertz CT molecular complexity index is 2000. The molecule has 8 nitrogen and oxygen atoms in total. The molecule has 0 saturated heterocycles. The summed E-state index contributed by atoms with van der Waals surface area (Å²) in [4.78, 5) is 0. The van der Waals surface area contributed by atoms with Gasteiger partial charge in [0.1, 0.15) is 23.0 Å². The monoisotopic (exact) mass is 702 g/mol. The third-order valence-corrected chi connectivity index (χ3v) is 8.24. The highest BCUT2D eigenvalue weighted by Gasteiger charge is 2.22. The molecule has 52 heavy (non-hydrogen) atoms. The first-order chi connectivity index (χ1) is 24.5. The van der Waals surface area contributed by atoms with Crippen LogP contribution in [0.15, 0.2) is 60.7 Å². The average Bonchev–Trinajstić information content (AvgIpc) is 3.09. The van der Waals surface area contributed by atoms with Crippen LogP contribution in [0.5, 0.6) is 46.0 Å². The minimum atomic E-state index is -0.392. The van der Waals surface area contributed by atoms with Crippen LogP contribution in [0, 0.1) is 23.7 Å². The highest BCUT2D eigenvalue weighted by atomic mass is 16.5. The van der Waals surface area contributed by atoms with Gasteiger partial charge in [-0.05, 0) is 47.2 Å². The first-order valence-corrected chi connectivity index (χ1v) is 16.5. The summed E-state index contributed by atoms with van der Waals surface area (Å²) in [5, 5.41) is 41.3. The Hall–Kier alpha value is -6.12. The van der Waals surface area contributed by atoms with E-state index >= 15 is 0 Å². The lowest BCUT2D eigenvalue weighted by molar-refractivity contribution is 0.389. The molecule has 0 fully saturated rings. The number of benzene rings is 4. The molecule has 8 heteroatoms. The third-order valence-electron chi connectivity index (χ3n) is 8.24. The van der Waals surface area contributed by atoms with E-state index < -0.39 is 10.8 Å². The molecule has 4 N–H and O–H groups in total. The number of aromatic hydroxyl groups is 4. The Labute approximate surface area is 306 Å². The van der Waals surface area contributed by atoms with Gasteiger partial charge in [0.2, 0.25) is 0 Å². The lowest BCUT2D eigenvalue weighted by atomic mass is 9.85. The van der Waals surface area contributed by atoms with E-state index in [1.807, 2.05) is 78.0 Å². The second-order valence-electron chi connectivity index (χ2n) is 14.1. The van der Waals surface area contributed by atoms with Crippen LogP contribution in [0.2, 0.25) is 0 Å². The fourth-order valence-corrected chi connectivity index (χ4v) is 5.42. The van der Waals surface area contributed by atoms with E-state index in [-0.39, 0.29) is 23.0 Å². The maximum absolute atomic E-state index is 10.4. The van der Waals surface area contributed by atoms with Crippen LogP contribution in [-0.4, -0.2) is 48.9 Å². The van der Waals surface area contributed by atoms with Gasteiger partial charge in [0.15, 0.2) is 23.0 Å². The predicted molar refractivity (Wildman–Crippen MR) is 206 cm³/mol. The maximum atomic E-state index is 10.4. The van der Waals surface area contributed by atoms with Gasteiger partial charge < -0.3 is 39.4 Å². The number of allylic oxidation sites excluding steroid dienone is 2. The summed E-state index contributed by atoms with van der Waals surface area (Å²) in [5.41, 5.74) is 4.21. The van der Waals surface area contributed by atoms with E-state index in [1.165, 1.54) is 12.1 Å². The molecule has 0 radical (unpaired) electrons. The van der Waals surface area contributed by atoms with Crippen molar-refractivity contribution >= 4 is 12.2 Å². The molecule has 4 aromatic rings. The molecule has 4 aromatic carbocycles. The Balaban J connectivity index is 1.62. The minimum Gasteiger partial charge on any atom is -0.504 e. The second kappa shape index (κ2) is 15.8. The minimum absolute atomic E-state index is 0.148. The fraction of sp³-hybridized carbons (Fsp3) is 0.273. The largest absolute Gasteiger partial charge is 0.504 e. The van der Waals surface area contributed by atoms with Crippen LogP contribution in [0.3, 0.4) is 0 Å². The average molecular weight is 703 g/mol. The summed E-state index contributed by atoms with van der Waals surface area (Å²) in [6.07, 6.45) is 7.48. The van der Waals surface area contributed by atoms with Crippen LogP contribution in [0.4, 0.5) is 0 Å². The zero-order valence-corrected chi connectivity index (χ0v) is 31.4. The molecule has 0 atom stereocenters. The number of methoxy groups -OCH3 is 4. The Kier molecular flexibility index (Phi) is 11.8. The molecular formula is C44H46O8. The zero-order chi connectivity index (χ0) is 38.4. The van der Waals surface area contributed by atoms with Crippen molar-refractivity contribution in [1.29, 1.82) is 0 Å². The topological polar surface area (TPSA) is 118 Å². The summed E-state index contributed by atoms with van der Waals surface area (Å²) in [5.74, 6) is 13.9. The van der Waals surface area contributed by atoms with Crippen molar-refractivity contribution in [2.45, 2.75) is 52.4 Å². The molecule has 0 aliphatic heterocycles. The first kappa shape index (κ1) is 38.7. The quantitative estimate of drug-likeness (QED) is 0.0859. The van der Waals surface area contributed by atoms with Gasteiger partial charge in [-0.2, -0.15) is 0 Å². The smallest absolute Gasteiger partial charge is 0.161 e. The maximum Gasteiger partial charge on any atom is 0.161 e. The van der Waals surface area contributed by atoms with Crippen LogP contribution >= 0.6 is 0 Å². The molecule has 0 aliphatic carbocycles. The van der Waals surface area contributed by atoms with Gasteiger partial charge in [-0.3, -0.25) is 0 Å². The van der Waals surface area contributed by atoms with E-state index in [2.05, 4.69) is 23.7 Å². The highest BCUT2D eigenvalue weighted by molar-refractivity contribution is 5.69. The molecular weight excluding hydrogens is 656 g/mol. The summed E-state index contributed by atoms with van der Waals surface area (Å²) in [7, 11) is 6.29. The van der Waals surface area contributed by atoms with E-state index in [1.54, 1.807) is 52.7 Å². The Morgan fingerprint density at radius 2 is 0.808 bits per heavy atom. The van der Waals surface area contributed by atoms with Crippen molar-refractivity contribution in [2.24, 2.45) is 0 Å². The Morgan fingerprint density at radius 1 is 0.462 bits per heavy atom. The third kappa shape index (κ3) is 8.96. The predicted octanol–water partition coefficient (Wildman–Crippen LogP) is 8.66. The Morgan fingerprint density at radius 3 is 1.12 bits per heavy atom. The molecule has 0 bridgehead atoms. The van der Waals surface area contributed by atoms with Gasteiger partial charge in [-0.15, -0.1) is 0 Å². The molecule has 0 spiro atoms. The van der Waals surface area contributed by atoms with Crippen molar-refractivity contribution in [3.8, 4) is 69.7 Å². The van der Waals surface area contributed by atoms with E-state index in [4.69, 9.17) is 18.9 Å². The number of rotatable bonds is 7. The van der Waals surface area contributed by atoms with Gasteiger partial charge in [0.25, 0.3) is 0 Å². The standard InChI is InChI=1S/C44H46O8/c1-43(2,3)33-19-27(21-35(45)41(33)47)15-17-31-25-37(49-7)29(23-39(31)51-9)13-11-12-14-30-24-40(52-10)32(26-38(30)50-8)18-16-28-20-34(44(4,5)6)42(48)36(46)22-28/h11-14,19-26,45-48H,1-10H3/b13-11+,14-12+. The van der Waals surface area contributed by atoms with Crippen molar-refractivity contribution in [1.82, 2.24) is 0 Å². The molecule has 4 rings (SSSR count). The van der Waals surface area contributed by atoms with E-state index in [0.29, 0.717) is 56.4 Å². The highest BCUT2D eigenvalue weighted by Crippen LogP contribution is 2.39. The fourth-order valence-electron chi connectivity index (χ4n) is 5.42. The lowest BCUT2D eigenvalue weighted by Crippen LogP contribution is -2.11. The van der Waals surface area contributed by atoms with Crippen LogP contribution in [0.1, 0.15) is 86.1 Å². The van der Waals surface area contributed by atoms with Crippen molar-refractivity contribution < 1.29 is 39.4 Å². The number of phenolic OH excluding ortho intramolecular Hbond substituents is 4. The molecule has 0 aromatic heterocycles. The van der Waals surface area contributed by atoms with Crippen LogP contribution < -0.4 is 18.9 Å². The number of hydrogen-bond donors (Lipinski definition) is 4. The molecule has 0 amide bonds. The first-order valence-electron chi connectivity index (χ1n) is 16.5.